The highest BCUT2D eigenvalue weighted by molar-refractivity contribution is 7.92. The van der Waals surface area contributed by atoms with Crippen molar-refractivity contribution in [2.45, 2.75) is 11.8 Å². The van der Waals surface area contributed by atoms with Crippen LogP contribution in [0.4, 0.5) is 5.69 Å². The molecule has 2 aromatic rings. The monoisotopic (exact) mass is 317 g/mol. The van der Waals surface area contributed by atoms with Gasteiger partial charge in [0.25, 0.3) is 10.0 Å². The molecule has 0 spiro atoms. The summed E-state index contributed by atoms with van der Waals surface area (Å²) in [6.07, 6.45) is 2.27. The van der Waals surface area contributed by atoms with Crippen LogP contribution >= 0.6 is 23.2 Å². The minimum absolute atomic E-state index is 0.0158. The Morgan fingerprint density at radius 1 is 1.16 bits per heavy atom. The van der Waals surface area contributed by atoms with E-state index in [0.717, 1.165) is 12.4 Å². The lowest BCUT2D eigenvalue weighted by Gasteiger charge is -2.10. The molecule has 0 aliphatic rings. The molecule has 0 aliphatic carbocycles. The van der Waals surface area contributed by atoms with E-state index in [-0.39, 0.29) is 10.2 Å². The van der Waals surface area contributed by atoms with Crippen molar-refractivity contribution in [2.75, 3.05) is 4.72 Å². The summed E-state index contributed by atoms with van der Waals surface area (Å²) in [5, 5.41) is 0.463. The van der Waals surface area contributed by atoms with Crippen molar-refractivity contribution in [3.8, 4) is 0 Å². The molecular formula is C11H9Cl2N3O2S. The zero-order chi connectivity index (χ0) is 14.0. The summed E-state index contributed by atoms with van der Waals surface area (Å²) in [4.78, 5) is 7.20. The highest BCUT2D eigenvalue weighted by Crippen LogP contribution is 2.25. The molecule has 0 fully saturated rings. The highest BCUT2D eigenvalue weighted by Gasteiger charge is 2.16. The molecule has 0 amide bonds. The Morgan fingerprint density at radius 3 is 2.42 bits per heavy atom. The molecule has 0 saturated carbocycles. The summed E-state index contributed by atoms with van der Waals surface area (Å²) in [6, 6.07) is 4.96. The molecule has 19 heavy (non-hydrogen) atoms. The number of aromatic nitrogens is 2. The van der Waals surface area contributed by atoms with E-state index < -0.39 is 10.0 Å². The molecule has 0 radical (unpaired) electrons. The lowest BCUT2D eigenvalue weighted by Crippen LogP contribution is -2.14. The van der Waals surface area contributed by atoms with Gasteiger partial charge in [0.15, 0.2) is 0 Å². The normalized spacial score (nSPS) is 11.3. The van der Waals surface area contributed by atoms with Crippen molar-refractivity contribution in [1.29, 1.82) is 0 Å². The summed E-state index contributed by atoms with van der Waals surface area (Å²) >= 11 is 11.4. The first-order valence-electron chi connectivity index (χ1n) is 5.15. The molecule has 0 bridgehead atoms. The van der Waals surface area contributed by atoms with E-state index in [9.17, 15) is 8.42 Å². The second kappa shape index (κ2) is 5.32. The quantitative estimate of drug-likeness (QED) is 0.883. The second-order valence-corrected chi connectivity index (χ2v) is 6.13. The number of halogens is 2. The van der Waals surface area contributed by atoms with E-state index in [4.69, 9.17) is 23.2 Å². The van der Waals surface area contributed by atoms with E-state index >= 15 is 0 Å². The minimum atomic E-state index is -3.76. The molecule has 100 valence electrons. The van der Waals surface area contributed by atoms with Crippen LogP contribution in [0, 0.1) is 6.92 Å². The van der Waals surface area contributed by atoms with E-state index in [1.807, 2.05) is 0 Å². The van der Waals surface area contributed by atoms with Gasteiger partial charge in [-0.1, -0.05) is 17.7 Å². The van der Waals surface area contributed by atoms with Crippen LogP contribution in [0.15, 0.2) is 35.5 Å². The Hall–Kier alpha value is -1.37. The molecule has 0 unspecified atom stereocenters. The fourth-order valence-electron chi connectivity index (χ4n) is 1.36. The van der Waals surface area contributed by atoms with E-state index in [1.54, 1.807) is 25.1 Å². The van der Waals surface area contributed by atoms with Crippen LogP contribution in [0.5, 0.6) is 0 Å². The van der Waals surface area contributed by atoms with Crippen LogP contribution in [0.2, 0.25) is 10.3 Å². The van der Waals surface area contributed by atoms with Gasteiger partial charge >= 0.3 is 0 Å². The van der Waals surface area contributed by atoms with Crippen LogP contribution in [0.3, 0.4) is 0 Å². The maximum absolute atomic E-state index is 12.1. The SMILES string of the molecule is Cc1c(Cl)cccc1NS(=O)(=O)c1cnc(Cl)nc1. The topological polar surface area (TPSA) is 72.0 Å². The van der Waals surface area contributed by atoms with Crippen molar-refractivity contribution in [3.63, 3.8) is 0 Å². The van der Waals surface area contributed by atoms with Crippen LogP contribution in [0.25, 0.3) is 0 Å². The number of benzene rings is 1. The summed E-state index contributed by atoms with van der Waals surface area (Å²) in [5.74, 6) is 0. The summed E-state index contributed by atoms with van der Waals surface area (Å²) in [6.45, 7) is 1.72. The molecule has 1 aromatic carbocycles. The van der Waals surface area contributed by atoms with Gasteiger partial charge in [0.2, 0.25) is 5.28 Å². The van der Waals surface area contributed by atoms with Crippen molar-refractivity contribution >= 4 is 38.9 Å². The molecule has 8 heteroatoms. The van der Waals surface area contributed by atoms with Crippen LogP contribution < -0.4 is 4.72 Å². The van der Waals surface area contributed by atoms with Crippen molar-refractivity contribution < 1.29 is 8.42 Å². The Labute approximate surface area is 120 Å². The maximum atomic E-state index is 12.1. The van der Waals surface area contributed by atoms with Crippen molar-refractivity contribution in [3.05, 3.63) is 46.5 Å². The summed E-state index contributed by atoms with van der Waals surface area (Å²) in [7, 11) is -3.76. The Balaban J connectivity index is 2.36. The number of nitrogens with one attached hydrogen (secondary N) is 1. The molecule has 1 aromatic heterocycles. The zero-order valence-corrected chi connectivity index (χ0v) is 12.1. The smallest absolute Gasteiger partial charge is 0.264 e. The molecule has 1 heterocycles. The fraction of sp³-hybridized carbons (Fsp3) is 0.0909. The fourth-order valence-corrected chi connectivity index (χ4v) is 2.64. The van der Waals surface area contributed by atoms with Gasteiger partial charge in [0.1, 0.15) is 4.90 Å². The molecule has 0 saturated heterocycles. The van der Waals surface area contributed by atoms with Gasteiger partial charge in [0, 0.05) is 5.02 Å². The van der Waals surface area contributed by atoms with Gasteiger partial charge in [-0.2, -0.15) is 0 Å². The predicted octanol–water partition coefficient (Wildman–Crippen LogP) is 2.89. The number of sulfonamides is 1. The molecule has 1 N–H and O–H groups in total. The van der Waals surface area contributed by atoms with Crippen LogP contribution in [-0.4, -0.2) is 18.4 Å². The predicted molar refractivity (Wildman–Crippen MR) is 74.0 cm³/mol. The third kappa shape index (κ3) is 3.15. The number of hydrogen-bond acceptors (Lipinski definition) is 4. The lowest BCUT2D eigenvalue weighted by atomic mass is 10.2. The first-order valence-corrected chi connectivity index (χ1v) is 7.39. The third-order valence-corrected chi connectivity index (χ3v) is 4.34. The zero-order valence-electron chi connectivity index (χ0n) is 9.76. The first kappa shape index (κ1) is 14.0. The van der Waals surface area contributed by atoms with Gasteiger partial charge < -0.3 is 0 Å². The number of anilines is 1. The van der Waals surface area contributed by atoms with Crippen LogP contribution in [-0.2, 0) is 10.0 Å². The molecule has 0 aliphatic heterocycles. The van der Waals surface area contributed by atoms with Crippen LogP contribution in [0.1, 0.15) is 5.56 Å². The largest absolute Gasteiger partial charge is 0.279 e. The van der Waals surface area contributed by atoms with Gasteiger partial charge in [0.05, 0.1) is 18.1 Å². The van der Waals surface area contributed by atoms with Crippen molar-refractivity contribution in [1.82, 2.24) is 9.97 Å². The van der Waals surface area contributed by atoms with E-state index in [2.05, 4.69) is 14.7 Å². The Bertz CT molecular complexity index is 702. The van der Waals surface area contributed by atoms with Gasteiger partial charge in [-0.15, -0.1) is 0 Å². The summed E-state index contributed by atoms with van der Waals surface area (Å²) in [5.41, 5.74) is 1.05. The highest BCUT2D eigenvalue weighted by atomic mass is 35.5. The van der Waals surface area contributed by atoms with Gasteiger partial charge in [-0.05, 0) is 36.2 Å². The molecule has 5 nitrogen and oxygen atoms in total. The lowest BCUT2D eigenvalue weighted by molar-refractivity contribution is 0.600. The Kier molecular flexibility index (Phi) is 3.93. The Morgan fingerprint density at radius 2 is 1.79 bits per heavy atom. The second-order valence-electron chi connectivity index (χ2n) is 3.71. The summed E-state index contributed by atoms with van der Waals surface area (Å²) < 4.78 is 26.6. The van der Waals surface area contributed by atoms with Crippen molar-refractivity contribution in [2.24, 2.45) is 0 Å². The minimum Gasteiger partial charge on any atom is -0.279 e. The maximum Gasteiger partial charge on any atom is 0.264 e. The van der Waals surface area contributed by atoms with Gasteiger partial charge in [-0.3, -0.25) is 4.72 Å². The first-order chi connectivity index (χ1) is 8.90. The average Bonchev–Trinajstić information content (AvgIpc) is 2.35. The van der Waals surface area contributed by atoms with E-state index in [0.29, 0.717) is 16.3 Å². The number of hydrogen-bond donors (Lipinski definition) is 1. The van der Waals surface area contributed by atoms with Gasteiger partial charge in [-0.25, -0.2) is 18.4 Å². The molecular weight excluding hydrogens is 309 g/mol. The standard InChI is InChI=1S/C11H9Cl2N3O2S/c1-7-9(12)3-2-4-10(7)16-19(17,18)8-5-14-11(13)15-6-8/h2-6,16H,1H3. The third-order valence-electron chi connectivity index (χ3n) is 2.42. The molecule has 0 atom stereocenters. The number of nitrogens with zero attached hydrogens (tertiary/aromatic N) is 2. The average molecular weight is 318 g/mol. The van der Waals surface area contributed by atoms with E-state index in [1.165, 1.54) is 0 Å². The molecule has 2 rings (SSSR count). The number of rotatable bonds is 3.